The molecule has 104 valence electrons. The van der Waals surface area contributed by atoms with Gasteiger partial charge in [-0.25, -0.2) is 9.97 Å². The first-order chi connectivity index (χ1) is 9.49. The lowest BCUT2D eigenvalue weighted by Crippen LogP contribution is -2.11. The lowest BCUT2D eigenvalue weighted by Gasteiger charge is -2.13. The third-order valence-electron chi connectivity index (χ3n) is 2.78. The Balaban J connectivity index is 1.86. The Labute approximate surface area is 123 Å². The van der Waals surface area contributed by atoms with Crippen molar-refractivity contribution in [3.8, 4) is 6.07 Å². The Morgan fingerprint density at radius 2 is 2.15 bits per heavy atom. The first-order valence-electron chi connectivity index (χ1n) is 6.54. The van der Waals surface area contributed by atoms with E-state index in [-0.39, 0.29) is 5.41 Å². The summed E-state index contributed by atoms with van der Waals surface area (Å²) in [6.07, 6.45) is 2.56. The smallest absolute Gasteiger partial charge is 0.140 e. The van der Waals surface area contributed by atoms with Crippen LogP contribution in [-0.4, -0.2) is 16.5 Å². The van der Waals surface area contributed by atoms with Gasteiger partial charge in [0.15, 0.2) is 0 Å². The summed E-state index contributed by atoms with van der Waals surface area (Å²) < 4.78 is 0. The first-order valence-corrected chi connectivity index (χ1v) is 7.42. The maximum atomic E-state index is 8.68. The van der Waals surface area contributed by atoms with Crippen molar-refractivity contribution < 1.29 is 0 Å². The van der Waals surface area contributed by atoms with Gasteiger partial charge in [0, 0.05) is 23.8 Å². The highest BCUT2D eigenvalue weighted by atomic mass is 32.1. The number of hydrogen-bond acceptors (Lipinski definition) is 5. The molecule has 0 amide bonds. The number of anilines is 1. The summed E-state index contributed by atoms with van der Waals surface area (Å²) in [5.74, 6) is 0. The van der Waals surface area contributed by atoms with Crippen molar-refractivity contribution >= 4 is 17.0 Å². The van der Waals surface area contributed by atoms with E-state index in [4.69, 9.17) is 5.26 Å². The highest BCUT2D eigenvalue weighted by molar-refractivity contribution is 7.09. The fourth-order valence-electron chi connectivity index (χ4n) is 1.67. The molecule has 0 saturated carbocycles. The van der Waals surface area contributed by atoms with Crippen LogP contribution in [0.3, 0.4) is 0 Å². The number of hydrogen-bond donors (Lipinski definition) is 1. The molecule has 0 aliphatic heterocycles. The number of pyridine rings is 1. The molecule has 0 atom stereocenters. The zero-order valence-electron chi connectivity index (χ0n) is 12.0. The average Bonchev–Trinajstić information content (AvgIpc) is 2.88. The summed E-state index contributed by atoms with van der Waals surface area (Å²) in [5.41, 5.74) is 2.60. The van der Waals surface area contributed by atoms with Crippen molar-refractivity contribution in [1.29, 1.82) is 5.26 Å². The predicted octanol–water partition coefficient (Wildman–Crippen LogP) is 3.36. The standard InChI is InChI=1S/C15H18N4S/c1-15(2,3)14-19-13(10-20-14)6-7-17-12-5-4-11(8-16)18-9-12/h4-5,9-10,17H,6-7H2,1-3H3. The lowest BCUT2D eigenvalue weighted by atomic mass is 9.98. The first kappa shape index (κ1) is 14.5. The van der Waals surface area contributed by atoms with Crippen LogP contribution in [0.4, 0.5) is 5.69 Å². The molecule has 5 heteroatoms. The molecule has 0 aliphatic rings. The van der Waals surface area contributed by atoms with Crippen LogP contribution in [0.2, 0.25) is 0 Å². The largest absolute Gasteiger partial charge is 0.383 e. The van der Waals surface area contributed by atoms with Crippen molar-refractivity contribution in [1.82, 2.24) is 9.97 Å². The van der Waals surface area contributed by atoms with Crippen LogP contribution in [0.1, 0.15) is 37.2 Å². The Hall–Kier alpha value is -1.93. The van der Waals surface area contributed by atoms with Crippen molar-refractivity contribution in [3.05, 3.63) is 40.1 Å². The summed E-state index contributed by atoms with van der Waals surface area (Å²) in [7, 11) is 0. The number of thiazole rings is 1. The van der Waals surface area contributed by atoms with E-state index in [9.17, 15) is 0 Å². The van der Waals surface area contributed by atoms with Crippen LogP contribution in [0.25, 0.3) is 0 Å². The van der Waals surface area contributed by atoms with Gasteiger partial charge in [0.25, 0.3) is 0 Å². The predicted molar refractivity (Wildman–Crippen MR) is 82.0 cm³/mol. The van der Waals surface area contributed by atoms with Crippen LogP contribution >= 0.6 is 11.3 Å². The van der Waals surface area contributed by atoms with Crippen molar-refractivity contribution in [2.75, 3.05) is 11.9 Å². The topological polar surface area (TPSA) is 61.6 Å². The van der Waals surface area contributed by atoms with Gasteiger partial charge < -0.3 is 5.32 Å². The van der Waals surface area contributed by atoms with Crippen LogP contribution in [0.5, 0.6) is 0 Å². The fraction of sp³-hybridized carbons (Fsp3) is 0.400. The summed E-state index contributed by atoms with van der Waals surface area (Å²) in [4.78, 5) is 8.68. The van der Waals surface area contributed by atoms with Gasteiger partial charge in [0.1, 0.15) is 11.8 Å². The second-order valence-corrected chi connectivity index (χ2v) is 6.47. The van der Waals surface area contributed by atoms with E-state index in [0.29, 0.717) is 5.69 Å². The monoisotopic (exact) mass is 286 g/mol. The van der Waals surface area contributed by atoms with E-state index in [1.54, 1.807) is 23.6 Å². The van der Waals surface area contributed by atoms with E-state index in [0.717, 1.165) is 24.3 Å². The van der Waals surface area contributed by atoms with Gasteiger partial charge in [-0.15, -0.1) is 11.3 Å². The molecule has 20 heavy (non-hydrogen) atoms. The zero-order valence-corrected chi connectivity index (χ0v) is 12.8. The molecule has 0 unspecified atom stereocenters. The molecule has 4 nitrogen and oxygen atoms in total. The number of nitrogens with zero attached hydrogens (tertiary/aromatic N) is 3. The molecule has 2 aromatic heterocycles. The molecular formula is C15H18N4S. The van der Waals surface area contributed by atoms with E-state index in [1.165, 1.54) is 5.01 Å². The van der Waals surface area contributed by atoms with Crippen molar-refractivity contribution in [3.63, 3.8) is 0 Å². The van der Waals surface area contributed by atoms with E-state index in [2.05, 4.69) is 41.4 Å². The second-order valence-electron chi connectivity index (χ2n) is 5.61. The lowest BCUT2D eigenvalue weighted by molar-refractivity contribution is 0.583. The molecule has 0 bridgehead atoms. The summed E-state index contributed by atoms with van der Waals surface area (Å²) in [5, 5.41) is 15.3. The number of aromatic nitrogens is 2. The Kier molecular flexibility index (Phi) is 4.35. The molecule has 0 aromatic carbocycles. The Morgan fingerprint density at radius 3 is 2.70 bits per heavy atom. The summed E-state index contributed by atoms with van der Waals surface area (Å²) >= 11 is 1.72. The SMILES string of the molecule is CC(C)(C)c1nc(CCNc2ccc(C#N)nc2)cs1. The van der Waals surface area contributed by atoms with Crippen molar-refractivity contribution in [2.24, 2.45) is 0 Å². The molecule has 2 aromatic rings. The van der Waals surface area contributed by atoms with Crippen LogP contribution in [0.15, 0.2) is 23.7 Å². The van der Waals surface area contributed by atoms with Gasteiger partial charge in [-0.3, -0.25) is 0 Å². The van der Waals surface area contributed by atoms with E-state index < -0.39 is 0 Å². The molecule has 2 heterocycles. The van der Waals surface area contributed by atoms with Gasteiger partial charge in [-0.1, -0.05) is 20.8 Å². The Morgan fingerprint density at radius 1 is 1.35 bits per heavy atom. The minimum Gasteiger partial charge on any atom is -0.383 e. The van der Waals surface area contributed by atoms with Gasteiger partial charge in [-0.05, 0) is 12.1 Å². The highest BCUT2D eigenvalue weighted by Gasteiger charge is 2.17. The van der Waals surface area contributed by atoms with Gasteiger partial charge in [-0.2, -0.15) is 5.26 Å². The van der Waals surface area contributed by atoms with Gasteiger partial charge in [0.05, 0.1) is 22.6 Å². The highest BCUT2D eigenvalue weighted by Crippen LogP contribution is 2.25. The normalized spacial score (nSPS) is 11.1. The summed E-state index contributed by atoms with van der Waals surface area (Å²) in [6, 6.07) is 5.58. The third-order valence-corrected chi connectivity index (χ3v) is 4.10. The Bertz CT molecular complexity index is 602. The number of rotatable bonds is 4. The van der Waals surface area contributed by atoms with Gasteiger partial charge in [0.2, 0.25) is 0 Å². The van der Waals surface area contributed by atoms with Crippen LogP contribution in [-0.2, 0) is 11.8 Å². The molecule has 0 saturated heterocycles. The molecule has 1 N–H and O–H groups in total. The zero-order chi connectivity index (χ0) is 14.6. The van der Waals surface area contributed by atoms with Crippen LogP contribution < -0.4 is 5.32 Å². The molecular weight excluding hydrogens is 268 g/mol. The molecule has 0 aliphatic carbocycles. The van der Waals surface area contributed by atoms with Crippen molar-refractivity contribution in [2.45, 2.75) is 32.6 Å². The van der Waals surface area contributed by atoms with E-state index in [1.807, 2.05) is 12.1 Å². The number of nitriles is 1. The minimum atomic E-state index is 0.118. The second kappa shape index (κ2) is 6.02. The molecule has 0 spiro atoms. The maximum Gasteiger partial charge on any atom is 0.140 e. The molecule has 0 radical (unpaired) electrons. The van der Waals surface area contributed by atoms with Crippen LogP contribution in [0, 0.1) is 11.3 Å². The summed E-state index contributed by atoms with van der Waals surface area (Å²) in [6.45, 7) is 7.34. The molecule has 2 rings (SSSR count). The third kappa shape index (κ3) is 3.78. The molecule has 0 fully saturated rings. The maximum absolute atomic E-state index is 8.68. The van der Waals surface area contributed by atoms with Gasteiger partial charge >= 0.3 is 0 Å². The number of nitrogens with one attached hydrogen (secondary N) is 1. The fourth-order valence-corrected chi connectivity index (χ4v) is 2.61. The minimum absolute atomic E-state index is 0.118. The van der Waals surface area contributed by atoms with E-state index >= 15 is 0 Å². The quantitative estimate of drug-likeness (QED) is 0.936. The average molecular weight is 286 g/mol.